The van der Waals surface area contributed by atoms with Crippen molar-refractivity contribution >= 4 is 32.8 Å². The Bertz CT molecular complexity index is 1020. The number of nitrogens with zero attached hydrogens (tertiary/aromatic N) is 2. The van der Waals surface area contributed by atoms with Gasteiger partial charge in [-0.3, -0.25) is 0 Å². The second kappa shape index (κ2) is 10.1. The molecule has 160 valence electrons. The van der Waals surface area contributed by atoms with Gasteiger partial charge in [0.15, 0.2) is 0 Å². The Morgan fingerprint density at radius 1 is 1.17 bits per heavy atom. The molecule has 0 saturated carbocycles. The number of fused-ring (bicyclic) bond motifs is 3. The van der Waals surface area contributed by atoms with Crippen molar-refractivity contribution in [2.75, 3.05) is 13.1 Å². The summed E-state index contributed by atoms with van der Waals surface area (Å²) in [5.41, 5.74) is 2.16. The smallest absolute Gasteiger partial charge is 0.114 e. The molecule has 0 radical (unpaired) electrons. The van der Waals surface area contributed by atoms with Gasteiger partial charge < -0.3 is 14.4 Å². The Balaban J connectivity index is 1.87. The quantitative estimate of drug-likeness (QED) is 0.482. The molecule has 6 heteroatoms. The molecule has 0 saturated heterocycles. The van der Waals surface area contributed by atoms with Crippen LogP contribution >= 0.6 is 0 Å². The van der Waals surface area contributed by atoms with E-state index in [-0.39, 0.29) is 11.8 Å². The molecule has 1 N–H and O–H groups in total. The molecule has 2 unspecified atom stereocenters. The summed E-state index contributed by atoms with van der Waals surface area (Å²) in [7, 11) is -1.25. The fourth-order valence-electron chi connectivity index (χ4n) is 3.68. The van der Waals surface area contributed by atoms with Crippen LogP contribution in [0.5, 0.6) is 0 Å². The lowest BCUT2D eigenvalue weighted by atomic mass is 10.2. The zero-order valence-corrected chi connectivity index (χ0v) is 18.6. The van der Waals surface area contributed by atoms with Gasteiger partial charge in [0, 0.05) is 33.6 Å². The largest absolute Gasteiger partial charge is 0.469 e. The number of rotatable bonds is 10. The van der Waals surface area contributed by atoms with E-state index >= 15 is 0 Å². The Morgan fingerprint density at radius 3 is 2.23 bits per heavy atom. The van der Waals surface area contributed by atoms with E-state index in [4.69, 9.17) is 4.74 Å². The summed E-state index contributed by atoms with van der Waals surface area (Å²) in [5.74, 6) is 0.656. The highest BCUT2D eigenvalue weighted by atomic mass is 32.2. The molecule has 2 aromatic carbocycles. The van der Waals surface area contributed by atoms with E-state index in [1.165, 1.54) is 17.0 Å². The maximum atomic E-state index is 12.9. The highest BCUT2D eigenvalue weighted by molar-refractivity contribution is 7.83. The molecule has 1 heterocycles. The van der Waals surface area contributed by atoms with Crippen LogP contribution in [0.25, 0.3) is 21.8 Å². The number of para-hydroxylation sites is 2. The number of aromatic nitrogens is 1. The van der Waals surface area contributed by atoms with Gasteiger partial charge in [-0.25, -0.2) is 8.51 Å². The summed E-state index contributed by atoms with van der Waals surface area (Å²) in [5, 5.41) is 13.2. The molecule has 0 bridgehead atoms. The standard InChI is InChI=1S/C24H30N2O3S/c1-5-20(29-6-2)17-25(30(28)18(3)4)15-19(27)16-26-23-13-9-7-11-21(23)22-12-8-10-14-24(22)26/h5-14,18-19,27H,2,15-17H2,1,3-4H3/b20-5-. The molecule has 0 aliphatic heterocycles. The number of hydrogen-bond acceptors (Lipinski definition) is 3. The van der Waals surface area contributed by atoms with E-state index in [0.29, 0.717) is 18.8 Å². The molecule has 0 amide bonds. The normalized spacial score (nSPS) is 14.5. The SMILES string of the molecule is C=CO/C(=C\C)CN(CC(O)Cn1c2ccccc2c2ccccc21)S(=O)C(C)C. The van der Waals surface area contributed by atoms with Gasteiger partial charge in [0.05, 0.1) is 36.4 Å². The van der Waals surface area contributed by atoms with Crippen LogP contribution in [0.15, 0.2) is 73.2 Å². The number of ether oxygens (including phenoxy) is 1. The van der Waals surface area contributed by atoms with Gasteiger partial charge in [0.25, 0.3) is 0 Å². The zero-order chi connectivity index (χ0) is 21.7. The molecule has 5 nitrogen and oxygen atoms in total. The number of benzene rings is 2. The van der Waals surface area contributed by atoms with Gasteiger partial charge in [-0.1, -0.05) is 43.0 Å². The highest BCUT2D eigenvalue weighted by Crippen LogP contribution is 2.29. The number of allylic oxidation sites excluding steroid dienone is 1. The molecule has 0 aliphatic rings. The van der Waals surface area contributed by atoms with Crippen molar-refractivity contribution in [2.24, 2.45) is 0 Å². The first-order valence-corrected chi connectivity index (χ1v) is 11.4. The van der Waals surface area contributed by atoms with Gasteiger partial charge in [-0.15, -0.1) is 0 Å². The van der Waals surface area contributed by atoms with Crippen molar-refractivity contribution in [3.8, 4) is 0 Å². The number of hydrogen-bond donors (Lipinski definition) is 1. The predicted molar refractivity (Wildman–Crippen MR) is 125 cm³/mol. The monoisotopic (exact) mass is 426 g/mol. The van der Waals surface area contributed by atoms with Crippen molar-refractivity contribution in [3.05, 3.63) is 73.2 Å². The molecular formula is C24H30N2O3S. The van der Waals surface area contributed by atoms with Crippen LogP contribution in [0.4, 0.5) is 0 Å². The second-order valence-electron chi connectivity index (χ2n) is 7.49. The minimum Gasteiger partial charge on any atom is -0.469 e. The summed E-state index contributed by atoms with van der Waals surface area (Å²) >= 11 is 0. The summed E-state index contributed by atoms with van der Waals surface area (Å²) in [6.45, 7) is 10.3. The third kappa shape index (κ3) is 4.83. The van der Waals surface area contributed by atoms with Gasteiger partial charge in [-0.2, -0.15) is 0 Å². The maximum absolute atomic E-state index is 12.9. The Morgan fingerprint density at radius 2 is 1.73 bits per heavy atom. The predicted octanol–water partition coefficient (Wildman–Crippen LogP) is 4.59. The molecule has 3 aromatic rings. The third-order valence-electron chi connectivity index (χ3n) is 5.03. The third-order valence-corrected chi connectivity index (χ3v) is 6.63. The van der Waals surface area contributed by atoms with E-state index in [1.54, 1.807) is 4.31 Å². The van der Waals surface area contributed by atoms with E-state index in [0.717, 1.165) is 11.0 Å². The van der Waals surface area contributed by atoms with E-state index in [1.807, 2.05) is 51.1 Å². The van der Waals surface area contributed by atoms with Gasteiger partial charge in [-0.05, 0) is 39.0 Å². The van der Waals surface area contributed by atoms with Crippen LogP contribution in [0.3, 0.4) is 0 Å². The van der Waals surface area contributed by atoms with Crippen LogP contribution in [-0.2, 0) is 22.3 Å². The minimum atomic E-state index is -1.25. The van der Waals surface area contributed by atoms with Crippen LogP contribution < -0.4 is 0 Å². The first-order valence-electron chi connectivity index (χ1n) is 10.2. The van der Waals surface area contributed by atoms with Gasteiger partial charge in [0.1, 0.15) is 5.76 Å². The van der Waals surface area contributed by atoms with Crippen LogP contribution in [0.1, 0.15) is 20.8 Å². The lowest BCUT2D eigenvalue weighted by molar-refractivity contribution is 0.130. The minimum absolute atomic E-state index is 0.0627. The zero-order valence-electron chi connectivity index (χ0n) is 17.8. The summed E-state index contributed by atoms with van der Waals surface area (Å²) < 4.78 is 22.2. The molecule has 2 atom stereocenters. The lowest BCUT2D eigenvalue weighted by Crippen LogP contribution is -2.40. The van der Waals surface area contributed by atoms with Gasteiger partial charge in [0.2, 0.25) is 0 Å². The summed E-state index contributed by atoms with van der Waals surface area (Å²) in [6, 6.07) is 16.4. The fraction of sp³-hybridized carbons (Fsp3) is 0.333. The Kier molecular flexibility index (Phi) is 7.48. The second-order valence-corrected chi connectivity index (χ2v) is 9.50. The Hall–Kier alpha value is -2.41. The fourth-order valence-corrected chi connectivity index (χ4v) is 4.85. The molecular weight excluding hydrogens is 396 g/mol. The number of aliphatic hydroxyl groups excluding tert-OH is 1. The molecule has 0 spiro atoms. The Labute approximate surface area is 180 Å². The topological polar surface area (TPSA) is 54.7 Å². The van der Waals surface area contributed by atoms with Gasteiger partial charge >= 0.3 is 0 Å². The average Bonchev–Trinajstić information content (AvgIpc) is 3.06. The van der Waals surface area contributed by atoms with Crippen molar-refractivity contribution in [2.45, 2.75) is 38.7 Å². The average molecular weight is 427 g/mol. The molecule has 0 aliphatic carbocycles. The van der Waals surface area contributed by atoms with Crippen LogP contribution in [-0.4, -0.2) is 42.6 Å². The first kappa shape index (κ1) is 22.3. The molecule has 3 rings (SSSR count). The molecule has 1 aromatic heterocycles. The first-order chi connectivity index (χ1) is 14.5. The lowest BCUT2D eigenvalue weighted by Gasteiger charge is -2.26. The molecule has 30 heavy (non-hydrogen) atoms. The summed E-state index contributed by atoms with van der Waals surface area (Å²) in [4.78, 5) is 0. The van der Waals surface area contributed by atoms with Crippen molar-refractivity contribution in [1.82, 2.24) is 8.87 Å². The summed E-state index contributed by atoms with van der Waals surface area (Å²) in [6.07, 6.45) is 2.49. The van der Waals surface area contributed by atoms with Crippen molar-refractivity contribution in [3.63, 3.8) is 0 Å². The number of aliphatic hydroxyl groups is 1. The van der Waals surface area contributed by atoms with Crippen LogP contribution in [0, 0.1) is 0 Å². The molecule has 0 fully saturated rings. The van der Waals surface area contributed by atoms with Crippen molar-refractivity contribution < 1.29 is 14.1 Å². The van der Waals surface area contributed by atoms with E-state index in [2.05, 4.69) is 35.4 Å². The maximum Gasteiger partial charge on any atom is 0.114 e. The van der Waals surface area contributed by atoms with Crippen molar-refractivity contribution in [1.29, 1.82) is 0 Å². The van der Waals surface area contributed by atoms with E-state index < -0.39 is 17.1 Å². The highest BCUT2D eigenvalue weighted by Gasteiger charge is 2.23. The van der Waals surface area contributed by atoms with E-state index in [9.17, 15) is 9.32 Å². The van der Waals surface area contributed by atoms with Crippen LogP contribution in [0.2, 0.25) is 0 Å².